The average Bonchev–Trinajstić information content (AvgIpc) is 2.99. The molecule has 1 aromatic rings. The van der Waals surface area contributed by atoms with Gasteiger partial charge in [0.15, 0.2) is 6.61 Å². The van der Waals surface area contributed by atoms with Gasteiger partial charge >= 0.3 is 5.97 Å². The molecule has 2 rings (SSSR count). The number of esters is 1. The number of likely N-dealkylation sites (tertiary alicyclic amines) is 1. The third-order valence-corrected chi connectivity index (χ3v) is 3.36. The molecule has 2 amide bonds. The van der Waals surface area contributed by atoms with E-state index in [9.17, 15) is 14.4 Å². The van der Waals surface area contributed by atoms with Gasteiger partial charge in [0, 0.05) is 18.7 Å². The fourth-order valence-electron chi connectivity index (χ4n) is 2.30. The molecule has 0 unspecified atom stereocenters. The van der Waals surface area contributed by atoms with E-state index in [4.69, 9.17) is 4.74 Å². The van der Waals surface area contributed by atoms with Crippen LogP contribution in [0.25, 0.3) is 0 Å². The molecular formula is C14H19N3O4. The molecule has 0 radical (unpaired) electrons. The highest BCUT2D eigenvalue weighted by Gasteiger charge is 2.26. The van der Waals surface area contributed by atoms with Crippen molar-refractivity contribution in [2.75, 3.05) is 13.2 Å². The molecule has 7 heteroatoms. The molecule has 0 saturated carbocycles. The van der Waals surface area contributed by atoms with Gasteiger partial charge in [0.25, 0.3) is 5.91 Å². The van der Waals surface area contributed by atoms with Gasteiger partial charge in [0.05, 0.1) is 18.7 Å². The lowest BCUT2D eigenvalue weighted by Crippen LogP contribution is -2.35. The molecule has 0 aliphatic carbocycles. The number of nitrogens with zero attached hydrogens (tertiary/aromatic N) is 3. The zero-order valence-electron chi connectivity index (χ0n) is 12.3. The largest absolute Gasteiger partial charge is 0.455 e. The number of imide groups is 1. The van der Waals surface area contributed by atoms with Crippen molar-refractivity contribution in [2.45, 2.75) is 39.7 Å². The summed E-state index contributed by atoms with van der Waals surface area (Å²) in [4.78, 5) is 35.8. The van der Waals surface area contributed by atoms with E-state index in [2.05, 4.69) is 5.10 Å². The summed E-state index contributed by atoms with van der Waals surface area (Å²) in [5, 5.41) is 4.24. The highest BCUT2D eigenvalue weighted by molar-refractivity contribution is 5.97. The van der Waals surface area contributed by atoms with E-state index in [1.165, 1.54) is 0 Å². The second-order valence-corrected chi connectivity index (χ2v) is 5.10. The molecule has 1 fully saturated rings. The van der Waals surface area contributed by atoms with Crippen LogP contribution in [0, 0.1) is 13.8 Å². The molecule has 7 nitrogen and oxygen atoms in total. The Balaban J connectivity index is 1.73. The smallest absolute Gasteiger partial charge is 0.308 e. The van der Waals surface area contributed by atoms with Crippen molar-refractivity contribution in [1.29, 1.82) is 0 Å². The first-order valence-electron chi connectivity index (χ1n) is 6.97. The number of rotatable bonds is 5. The fourth-order valence-corrected chi connectivity index (χ4v) is 2.30. The molecule has 0 atom stereocenters. The van der Waals surface area contributed by atoms with Gasteiger partial charge in [-0.2, -0.15) is 5.10 Å². The zero-order chi connectivity index (χ0) is 15.4. The first-order chi connectivity index (χ1) is 9.97. The quantitative estimate of drug-likeness (QED) is 0.742. The van der Waals surface area contributed by atoms with Gasteiger partial charge in [-0.3, -0.25) is 24.0 Å². The van der Waals surface area contributed by atoms with Crippen LogP contribution in [0.2, 0.25) is 0 Å². The lowest BCUT2D eigenvalue weighted by Gasteiger charge is -2.13. The van der Waals surface area contributed by atoms with Crippen molar-refractivity contribution >= 4 is 17.8 Å². The number of aryl methyl sites for hydroxylation is 3. The number of hydrogen-bond acceptors (Lipinski definition) is 5. The monoisotopic (exact) mass is 293 g/mol. The van der Waals surface area contributed by atoms with Gasteiger partial charge in [0.2, 0.25) is 5.91 Å². The van der Waals surface area contributed by atoms with E-state index in [1.807, 2.05) is 19.9 Å². The van der Waals surface area contributed by atoms with Crippen LogP contribution in [-0.4, -0.2) is 45.6 Å². The van der Waals surface area contributed by atoms with Crippen LogP contribution in [0.15, 0.2) is 6.07 Å². The summed E-state index contributed by atoms with van der Waals surface area (Å²) in [6.45, 7) is 4.25. The molecule has 114 valence electrons. The number of aromatic nitrogens is 2. The minimum Gasteiger partial charge on any atom is -0.455 e. The first kappa shape index (κ1) is 15.2. The molecule has 0 N–H and O–H groups in total. The maximum atomic E-state index is 11.7. The third-order valence-electron chi connectivity index (χ3n) is 3.36. The Morgan fingerprint density at radius 2 is 2.14 bits per heavy atom. The highest BCUT2D eigenvalue weighted by atomic mass is 16.5. The Labute approximate surface area is 122 Å². The van der Waals surface area contributed by atoms with Gasteiger partial charge in [0.1, 0.15) is 0 Å². The Morgan fingerprint density at radius 3 is 2.71 bits per heavy atom. The molecule has 1 aromatic heterocycles. The van der Waals surface area contributed by atoms with E-state index in [-0.39, 0.29) is 18.9 Å². The molecule has 1 saturated heterocycles. The van der Waals surface area contributed by atoms with Crippen molar-refractivity contribution < 1.29 is 19.1 Å². The molecule has 0 spiro atoms. The first-order valence-corrected chi connectivity index (χ1v) is 6.97. The number of carbonyl (C=O) groups is 3. The molecule has 2 heterocycles. The Bertz CT molecular complexity index is 565. The lowest BCUT2D eigenvalue weighted by atomic mass is 10.4. The number of amides is 2. The summed E-state index contributed by atoms with van der Waals surface area (Å²) in [7, 11) is 0. The van der Waals surface area contributed by atoms with Crippen LogP contribution in [0.1, 0.15) is 30.7 Å². The number of hydrogen-bond donors (Lipinski definition) is 0. The third kappa shape index (κ3) is 3.90. The normalized spacial score (nSPS) is 14.6. The van der Waals surface area contributed by atoms with Crippen LogP contribution in [0.4, 0.5) is 0 Å². The van der Waals surface area contributed by atoms with Crippen LogP contribution >= 0.6 is 0 Å². The van der Waals surface area contributed by atoms with Crippen molar-refractivity contribution in [3.63, 3.8) is 0 Å². The van der Waals surface area contributed by atoms with Gasteiger partial charge in [-0.1, -0.05) is 0 Å². The Hall–Kier alpha value is -2.18. The second kappa shape index (κ2) is 6.51. The molecule has 1 aliphatic heterocycles. The van der Waals surface area contributed by atoms with Gasteiger partial charge in [-0.05, 0) is 26.3 Å². The maximum absolute atomic E-state index is 11.7. The average molecular weight is 293 g/mol. The van der Waals surface area contributed by atoms with Crippen molar-refractivity contribution in [3.05, 3.63) is 17.5 Å². The van der Waals surface area contributed by atoms with Crippen LogP contribution in [0.5, 0.6) is 0 Å². The number of ether oxygens (including phenoxy) is 1. The van der Waals surface area contributed by atoms with E-state index < -0.39 is 11.9 Å². The predicted octanol–water partition coefficient (Wildman–Crippen LogP) is 0.582. The summed E-state index contributed by atoms with van der Waals surface area (Å²) in [6, 6.07) is 1.92. The molecule has 1 aliphatic rings. The van der Waals surface area contributed by atoms with E-state index in [0.29, 0.717) is 25.9 Å². The zero-order valence-corrected chi connectivity index (χ0v) is 12.3. The van der Waals surface area contributed by atoms with Crippen LogP contribution in [-0.2, 0) is 25.7 Å². The van der Waals surface area contributed by atoms with Crippen LogP contribution in [0.3, 0.4) is 0 Å². The van der Waals surface area contributed by atoms with Crippen molar-refractivity contribution in [2.24, 2.45) is 0 Å². The standard InChI is InChI=1S/C14H19N3O4/c1-10-8-11(2)17(15-10)7-5-14(20)21-9-13(19)16-6-3-4-12(16)18/h8H,3-7,9H2,1-2H3. The summed E-state index contributed by atoms with van der Waals surface area (Å²) < 4.78 is 6.63. The second-order valence-electron chi connectivity index (χ2n) is 5.10. The van der Waals surface area contributed by atoms with Crippen LogP contribution < -0.4 is 0 Å². The number of carbonyl (C=O) groups excluding carboxylic acids is 3. The summed E-state index contributed by atoms with van der Waals surface area (Å²) in [6.07, 6.45) is 1.21. The van der Waals surface area contributed by atoms with Crippen molar-refractivity contribution in [3.8, 4) is 0 Å². The highest BCUT2D eigenvalue weighted by Crippen LogP contribution is 2.10. The van der Waals surface area contributed by atoms with E-state index in [0.717, 1.165) is 16.3 Å². The topological polar surface area (TPSA) is 81.5 Å². The Kier molecular flexibility index (Phi) is 4.72. The molecule has 21 heavy (non-hydrogen) atoms. The molecule has 0 aromatic carbocycles. The SMILES string of the molecule is Cc1cc(C)n(CCC(=O)OCC(=O)N2CCCC2=O)n1. The van der Waals surface area contributed by atoms with E-state index in [1.54, 1.807) is 4.68 Å². The summed E-state index contributed by atoms with van der Waals surface area (Å²) >= 11 is 0. The maximum Gasteiger partial charge on any atom is 0.308 e. The summed E-state index contributed by atoms with van der Waals surface area (Å²) in [5.74, 6) is -1.11. The molecule has 0 bridgehead atoms. The summed E-state index contributed by atoms with van der Waals surface area (Å²) in [5.41, 5.74) is 1.86. The van der Waals surface area contributed by atoms with Gasteiger partial charge in [-0.15, -0.1) is 0 Å². The Morgan fingerprint density at radius 1 is 1.38 bits per heavy atom. The van der Waals surface area contributed by atoms with Crippen molar-refractivity contribution in [1.82, 2.24) is 14.7 Å². The lowest BCUT2D eigenvalue weighted by molar-refractivity contribution is -0.154. The minimum atomic E-state index is -0.470. The van der Waals surface area contributed by atoms with Gasteiger partial charge in [-0.25, -0.2) is 0 Å². The minimum absolute atomic E-state index is 0.142. The van der Waals surface area contributed by atoms with Gasteiger partial charge < -0.3 is 4.74 Å². The fraction of sp³-hybridized carbons (Fsp3) is 0.571. The predicted molar refractivity (Wildman–Crippen MR) is 73.2 cm³/mol. The van der Waals surface area contributed by atoms with E-state index >= 15 is 0 Å². The molecular weight excluding hydrogens is 274 g/mol.